The van der Waals surface area contributed by atoms with Gasteiger partial charge in [0.15, 0.2) is 0 Å². The van der Waals surface area contributed by atoms with Gasteiger partial charge in [0.2, 0.25) is 0 Å². The second-order valence-electron chi connectivity index (χ2n) is 4.36. The Balaban J connectivity index is 2.37. The molecule has 1 rings (SSSR count). The van der Waals surface area contributed by atoms with Gasteiger partial charge in [-0.05, 0) is 24.1 Å². The first-order valence-corrected chi connectivity index (χ1v) is 6.29. The third kappa shape index (κ3) is 7.15. The molecule has 0 spiro atoms. The molecule has 0 amide bonds. The van der Waals surface area contributed by atoms with Gasteiger partial charge >= 0.3 is 0 Å². The van der Waals surface area contributed by atoms with E-state index in [0.29, 0.717) is 12.4 Å². The van der Waals surface area contributed by atoms with Gasteiger partial charge in [-0.2, -0.15) is 0 Å². The van der Waals surface area contributed by atoms with Crippen LogP contribution in [0.4, 0.5) is 0 Å². The summed E-state index contributed by atoms with van der Waals surface area (Å²) in [5.74, 6) is 0.620. The summed E-state index contributed by atoms with van der Waals surface area (Å²) in [5.41, 5.74) is 1.13. The van der Waals surface area contributed by atoms with Gasteiger partial charge in [0.05, 0.1) is 6.61 Å². The fourth-order valence-electron chi connectivity index (χ4n) is 1.49. The molecule has 0 aliphatic rings. The number of aliphatic hydroxyl groups excluding tert-OH is 1. The van der Waals surface area contributed by atoms with Crippen LogP contribution >= 0.6 is 0 Å². The smallest absolute Gasteiger partial charge is 0.119 e. The van der Waals surface area contributed by atoms with Crippen molar-refractivity contribution in [3.63, 3.8) is 0 Å². The minimum atomic E-state index is -2.47. The fourth-order valence-corrected chi connectivity index (χ4v) is 1.49. The van der Waals surface area contributed by atoms with Gasteiger partial charge in [0, 0.05) is 25.2 Å². The zero-order valence-electron chi connectivity index (χ0n) is 15.5. The van der Waals surface area contributed by atoms with Crippen LogP contribution in [0.3, 0.4) is 0 Å². The van der Waals surface area contributed by atoms with E-state index in [2.05, 4.69) is 5.32 Å². The van der Waals surface area contributed by atoms with E-state index in [1.807, 2.05) is 24.3 Å². The molecule has 4 heteroatoms. The number of aliphatic hydroxyl groups is 1. The van der Waals surface area contributed by atoms with Crippen LogP contribution in [0.1, 0.15) is 24.8 Å². The van der Waals surface area contributed by atoms with Crippen LogP contribution in [-0.4, -0.2) is 44.1 Å². The van der Waals surface area contributed by atoms with Gasteiger partial charge in [-0.3, -0.25) is 0 Å². The first kappa shape index (κ1) is 10.7. The quantitative estimate of drug-likeness (QED) is 0.716. The van der Waals surface area contributed by atoms with E-state index in [1.54, 1.807) is 7.11 Å². The normalized spacial score (nSPS) is 19.5. The Morgan fingerprint density at radius 2 is 2.16 bits per heavy atom. The molecule has 1 aromatic rings. The summed E-state index contributed by atoms with van der Waals surface area (Å²) in [7, 11) is 1.65. The summed E-state index contributed by atoms with van der Waals surface area (Å²) in [6.45, 7) is -0.580. The minimum absolute atomic E-state index is 0.0154. The molecule has 0 aliphatic carbocycles. The van der Waals surface area contributed by atoms with Crippen LogP contribution in [0.25, 0.3) is 0 Å². The number of benzene rings is 1. The van der Waals surface area contributed by atoms with E-state index in [9.17, 15) is 5.11 Å². The Morgan fingerprint density at radius 3 is 2.79 bits per heavy atom. The molecule has 108 valence electrons. The first-order chi connectivity index (χ1) is 10.7. The second-order valence-corrected chi connectivity index (χ2v) is 4.36. The summed E-state index contributed by atoms with van der Waals surface area (Å²) >= 11 is 0. The lowest BCUT2D eigenvalue weighted by Gasteiger charge is -2.15. The average molecular weight is 271 g/mol. The monoisotopic (exact) mass is 271 g/mol. The molecular formula is C15H25NO3. The van der Waals surface area contributed by atoms with Crippen molar-refractivity contribution in [2.24, 2.45) is 0 Å². The van der Waals surface area contributed by atoms with Crippen LogP contribution in [0, 0.1) is 0 Å². The number of rotatable bonds is 9. The number of hydrogen-bond donors (Lipinski definition) is 2. The highest BCUT2D eigenvalue weighted by Gasteiger charge is 2.05. The number of hydrogen-bond acceptors (Lipinski definition) is 4. The lowest BCUT2D eigenvalue weighted by Crippen LogP contribution is -2.35. The Labute approximate surface area is 121 Å². The van der Waals surface area contributed by atoms with E-state index in [4.69, 9.17) is 15.0 Å². The topological polar surface area (TPSA) is 50.7 Å². The van der Waals surface area contributed by atoms with Crippen molar-refractivity contribution in [3.8, 4) is 5.75 Å². The highest BCUT2D eigenvalue weighted by atomic mass is 16.5. The fraction of sp³-hybridized carbons (Fsp3) is 0.600. The number of methoxy groups -OCH3 is 1. The van der Waals surface area contributed by atoms with E-state index >= 15 is 0 Å². The summed E-state index contributed by atoms with van der Waals surface area (Å²) in [5, 5.41) is 12.4. The highest BCUT2D eigenvalue weighted by Crippen LogP contribution is 2.12. The number of nitrogens with one attached hydrogen (secondary N) is 1. The van der Waals surface area contributed by atoms with Crippen molar-refractivity contribution < 1.29 is 20.1 Å². The molecule has 0 saturated carbocycles. The SMILES string of the molecule is [2H]C([2H])([2H])C([2H])(C)NCC(O)COc1ccc(CCOC)cc1. The average Bonchev–Trinajstić information content (AvgIpc) is 2.49. The van der Waals surface area contributed by atoms with E-state index in [0.717, 1.165) is 12.0 Å². The Kier molecular flexibility index (Phi) is 5.00. The predicted octanol–water partition coefficient (Wildman–Crippen LogP) is 1.61. The maximum atomic E-state index is 9.84. The molecule has 1 aromatic carbocycles. The predicted molar refractivity (Wildman–Crippen MR) is 76.7 cm³/mol. The van der Waals surface area contributed by atoms with Crippen molar-refractivity contribution >= 4 is 0 Å². The van der Waals surface area contributed by atoms with Crippen molar-refractivity contribution in [2.45, 2.75) is 32.3 Å². The Morgan fingerprint density at radius 1 is 1.42 bits per heavy atom. The van der Waals surface area contributed by atoms with Crippen molar-refractivity contribution in [1.82, 2.24) is 5.32 Å². The molecule has 0 bridgehead atoms. The molecule has 0 saturated heterocycles. The molecule has 2 N–H and O–H groups in total. The molecule has 0 fully saturated rings. The molecule has 0 aromatic heterocycles. The van der Waals surface area contributed by atoms with E-state index in [1.165, 1.54) is 6.92 Å². The van der Waals surface area contributed by atoms with Crippen LogP contribution in [-0.2, 0) is 11.2 Å². The van der Waals surface area contributed by atoms with Crippen LogP contribution < -0.4 is 10.1 Å². The van der Waals surface area contributed by atoms with Crippen molar-refractivity contribution in [2.75, 3.05) is 26.9 Å². The van der Waals surface area contributed by atoms with Crippen LogP contribution in [0.5, 0.6) is 5.75 Å². The highest BCUT2D eigenvalue weighted by molar-refractivity contribution is 5.27. The minimum Gasteiger partial charge on any atom is -0.491 e. The third-order valence-corrected chi connectivity index (χ3v) is 2.56. The van der Waals surface area contributed by atoms with E-state index in [-0.39, 0.29) is 13.2 Å². The van der Waals surface area contributed by atoms with Gasteiger partial charge in [0.1, 0.15) is 18.5 Å². The zero-order chi connectivity index (χ0) is 17.5. The van der Waals surface area contributed by atoms with Gasteiger partial charge in [0.25, 0.3) is 0 Å². The van der Waals surface area contributed by atoms with E-state index < -0.39 is 19.0 Å². The van der Waals surface area contributed by atoms with Crippen molar-refractivity contribution in [3.05, 3.63) is 29.8 Å². The summed E-state index contributed by atoms with van der Waals surface area (Å²) in [6, 6.07) is 5.66. The lowest BCUT2D eigenvalue weighted by molar-refractivity contribution is 0.104. The summed E-state index contributed by atoms with van der Waals surface area (Å²) in [6.07, 6.45) is -0.0873. The first-order valence-electron chi connectivity index (χ1n) is 8.29. The largest absolute Gasteiger partial charge is 0.491 e. The van der Waals surface area contributed by atoms with Crippen molar-refractivity contribution in [1.29, 1.82) is 0 Å². The molecule has 0 aliphatic heterocycles. The molecular weight excluding hydrogens is 242 g/mol. The summed E-state index contributed by atoms with van der Waals surface area (Å²) < 4.78 is 39.9. The van der Waals surface area contributed by atoms with Crippen LogP contribution in [0.15, 0.2) is 24.3 Å². The Hall–Kier alpha value is -1.10. The molecule has 0 heterocycles. The second kappa shape index (κ2) is 8.91. The van der Waals surface area contributed by atoms with Gasteiger partial charge in [-0.25, -0.2) is 0 Å². The summed E-state index contributed by atoms with van der Waals surface area (Å²) in [4.78, 5) is 0. The van der Waals surface area contributed by atoms with Gasteiger partial charge in [-0.15, -0.1) is 0 Å². The standard InChI is InChI=1S/C15H25NO3/c1-12(2)16-10-14(17)11-19-15-6-4-13(5-7-15)8-9-18-3/h4-7,12,14,16-17H,8-11H2,1-3H3/i1D3,12D. The lowest BCUT2D eigenvalue weighted by atomic mass is 10.1. The Bertz CT molecular complexity index is 463. The molecule has 2 unspecified atom stereocenters. The molecule has 19 heavy (non-hydrogen) atoms. The molecule has 2 atom stereocenters. The molecule has 0 radical (unpaired) electrons. The van der Waals surface area contributed by atoms with Gasteiger partial charge in [-0.1, -0.05) is 25.9 Å². The molecule has 4 nitrogen and oxygen atoms in total. The number of ether oxygens (including phenoxy) is 2. The maximum absolute atomic E-state index is 9.84. The van der Waals surface area contributed by atoms with Gasteiger partial charge < -0.3 is 19.9 Å². The third-order valence-electron chi connectivity index (χ3n) is 2.56. The zero-order valence-corrected chi connectivity index (χ0v) is 11.5. The maximum Gasteiger partial charge on any atom is 0.119 e. The van der Waals surface area contributed by atoms with Crippen LogP contribution in [0.2, 0.25) is 0 Å².